The first-order valence-corrected chi connectivity index (χ1v) is 3.84. The van der Waals surface area contributed by atoms with Crippen molar-refractivity contribution >= 4 is 9.90 Å². The van der Waals surface area contributed by atoms with Gasteiger partial charge in [-0.25, -0.2) is 6.17 Å². The number of rotatable bonds is 3. The molecule has 0 N–H and O–H groups in total. The molecule has 0 aliphatic rings. The molecule has 0 aromatic heterocycles. The van der Waals surface area contributed by atoms with Crippen molar-refractivity contribution in [3.8, 4) is 0 Å². The zero-order valence-electron chi connectivity index (χ0n) is 10.9. The van der Waals surface area contributed by atoms with E-state index in [9.17, 15) is 0 Å². The molecule has 0 saturated carbocycles. The minimum absolute atomic E-state index is 0. The second-order valence-corrected chi connectivity index (χ2v) is 3.43. The minimum atomic E-state index is 0. The van der Waals surface area contributed by atoms with Crippen LogP contribution in [0.15, 0.2) is 0 Å². The molecule has 2 atom stereocenters. The SMILES string of the molecule is CC[N-]C(C)[N-]C(C)(C)C.P.[CH3-].[CH3-].[Zr+4]. The number of nitrogens with zero attached hydrogens (tertiary/aromatic N) is 2. The van der Waals surface area contributed by atoms with Crippen LogP contribution < -0.4 is 0 Å². The molecule has 0 radical (unpaired) electrons. The van der Waals surface area contributed by atoms with Crippen molar-refractivity contribution in [2.45, 2.75) is 46.3 Å². The van der Waals surface area contributed by atoms with E-state index in [-0.39, 0.29) is 62.7 Å². The van der Waals surface area contributed by atoms with Gasteiger partial charge < -0.3 is 25.5 Å². The molecular formula is C10H27N2PZr. The van der Waals surface area contributed by atoms with Crippen LogP contribution in [0.5, 0.6) is 0 Å². The van der Waals surface area contributed by atoms with Crippen molar-refractivity contribution < 1.29 is 26.2 Å². The van der Waals surface area contributed by atoms with E-state index in [1.54, 1.807) is 0 Å². The molecule has 4 heteroatoms. The van der Waals surface area contributed by atoms with Crippen LogP contribution in [0.1, 0.15) is 34.6 Å². The Labute approximate surface area is 114 Å². The van der Waals surface area contributed by atoms with E-state index in [1.165, 1.54) is 0 Å². The van der Waals surface area contributed by atoms with Crippen LogP contribution in [0, 0.1) is 14.9 Å². The van der Waals surface area contributed by atoms with E-state index in [1.807, 2.05) is 13.8 Å². The molecule has 0 spiro atoms. The van der Waals surface area contributed by atoms with Crippen LogP contribution in [0.2, 0.25) is 0 Å². The van der Waals surface area contributed by atoms with Crippen LogP contribution in [0.4, 0.5) is 0 Å². The first-order valence-electron chi connectivity index (χ1n) is 3.84. The van der Waals surface area contributed by atoms with Crippen LogP contribution in [-0.4, -0.2) is 18.2 Å². The third kappa shape index (κ3) is 23.2. The third-order valence-electron chi connectivity index (χ3n) is 1.02. The summed E-state index contributed by atoms with van der Waals surface area (Å²) in [5, 5.41) is 8.68. The number of hydrogen-bond acceptors (Lipinski definition) is 0. The monoisotopic (exact) mass is 296 g/mol. The molecule has 2 unspecified atom stereocenters. The van der Waals surface area contributed by atoms with E-state index in [0.29, 0.717) is 0 Å². The van der Waals surface area contributed by atoms with Gasteiger partial charge in [0.05, 0.1) is 0 Å². The van der Waals surface area contributed by atoms with Crippen molar-refractivity contribution in [2.24, 2.45) is 0 Å². The predicted molar refractivity (Wildman–Crippen MR) is 70.4 cm³/mol. The van der Waals surface area contributed by atoms with Gasteiger partial charge in [0.1, 0.15) is 0 Å². The van der Waals surface area contributed by atoms with Gasteiger partial charge in [-0.1, -0.05) is 27.7 Å². The van der Waals surface area contributed by atoms with E-state index in [0.717, 1.165) is 6.54 Å². The fraction of sp³-hybridized carbons (Fsp3) is 0.800. The van der Waals surface area contributed by atoms with Gasteiger partial charge in [0.25, 0.3) is 0 Å². The second kappa shape index (κ2) is 14.2. The van der Waals surface area contributed by atoms with Gasteiger partial charge >= 0.3 is 26.2 Å². The molecule has 86 valence electrons. The minimum Gasteiger partial charge on any atom is -0.678 e. The summed E-state index contributed by atoms with van der Waals surface area (Å²) < 4.78 is 0. The second-order valence-electron chi connectivity index (χ2n) is 3.43. The maximum Gasteiger partial charge on any atom is 4.00 e. The van der Waals surface area contributed by atoms with Gasteiger partial charge in [0.2, 0.25) is 0 Å². The standard InChI is InChI=1S/C8H18N2.2CH3.H3P.Zr/c1-6-9-7(2)10-8(3,4)5;;;;/h7H,6H2,1-5H3;3*1H3;/q-2;2*-1;;+4. The predicted octanol–water partition coefficient (Wildman–Crippen LogP) is 3.85. The van der Waals surface area contributed by atoms with Crippen LogP contribution in [0.3, 0.4) is 0 Å². The first-order chi connectivity index (χ1) is 4.45. The van der Waals surface area contributed by atoms with Crippen molar-refractivity contribution in [1.82, 2.24) is 0 Å². The van der Waals surface area contributed by atoms with Crippen molar-refractivity contribution in [1.29, 1.82) is 0 Å². The Morgan fingerprint density at radius 3 is 1.71 bits per heavy atom. The number of hydrogen-bond donors (Lipinski definition) is 0. The van der Waals surface area contributed by atoms with Gasteiger partial charge in [0.15, 0.2) is 0 Å². The van der Waals surface area contributed by atoms with Crippen molar-refractivity contribution in [3.63, 3.8) is 0 Å². The average Bonchev–Trinajstić information content (AvgIpc) is 1.59. The maximum atomic E-state index is 4.43. The fourth-order valence-electron chi connectivity index (χ4n) is 0.866. The maximum absolute atomic E-state index is 4.43. The molecule has 2 nitrogen and oxygen atoms in total. The van der Waals surface area contributed by atoms with E-state index < -0.39 is 0 Å². The Kier molecular flexibility index (Phi) is 30.0. The molecule has 0 heterocycles. The molecule has 0 aromatic carbocycles. The van der Waals surface area contributed by atoms with Crippen LogP contribution >= 0.6 is 9.90 Å². The zero-order chi connectivity index (χ0) is 8.20. The Bertz CT molecular complexity index is 94.6. The Morgan fingerprint density at radius 1 is 1.14 bits per heavy atom. The first kappa shape index (κ1) is 29.5. The summed E-state index contributed by atoms with van der Waals surface area (Å²) in [6.45, 7) is 11.2. The summed E-state index contributed by atoms with van der Waals surface area (Å²) >= 11 is 0. The molecule has 0 rings (SSSR count). The van der Waals surface area contributed by atoms with Gasteiger partial charge in [-0.3, -0.25) is 0 Å². The molecule has 0 aliphatic heterocycles. The van der Waals surface area contributed by atoms with Crippen LogP contribution in [0.25, 0.3) is 10.6 Å². The Hall–Kier alpha value is 1.23. The molecule has 0 fully saturated rings. The van der Waals surface area contributed by atoms with Gasteiger partial charge in [0, 0.05) is 0 Å². The summed E-state index contributed by atoms with van der Waals surface area (Å²) in [4.78, 5) is 0. The summed E-state index contributed by atoms with van der Waals surface area (Å²) in [6, 6.07) is 0. The smallest absolute Gasteiger partial charge is 0.678 e. The van der Waals surface area contributed by atoms with Gasteiger partial charge in [-0.15, -0.1) is 12.5 Å². The summed E-state index contributed by atoms with van der Waals surface area (Å²) in [5.74, 6) is 0. The molecular weight excluding hydrogens is 270 g/mol. The third-order valence-corrected chi connectivity index (χ3v) is 1.02. The largest absolute Gasteiger partial charge is 4.00 e. The van der Waals surface area contributed by atoms with E-state index in [2.05, 4.69) is 31.4 Å². The zero-order valence-corrected chi connectivity index (χ0v) is 14.8. The average molecular weight is 298 g/mol. The summed E-state index contributed by atoms with van der Waals surface area (Å²) in [5.41, 5.74) is 0.0537. The fourth-order valence-corrected chi connectivity index (χ4v) is 0.866. The quantitative estimate of drug-likeness (QED) is 0.559. The topological polar surface area (TPSA) is 28.2 Å². The van der Waals surface area contributed by atoms with E-state index in [4.69, 9.17) is 0 Å². The molecule has 0 bridgehead atoms. The molecule has 0 saturated heterocycles. The molecule has 14 heavy (non-hydrogen) atoms. The summed E-state index contributed by atoms with van der Waals surface area (Å²) in [6.07, 6.45) is 0.157. The normalized spacial score (nSPS) is 10.9. The van der Waals surface area contributed by atoms with Crippen LogP contribution in [-0.2, 0) is 26.2 Å². The molecule has 0 aliphatic carbocycles. The van der Waals surface area contributed by atoms with Gasteiger partial charge in [-0.2, -0.15) is 16.4 Å². The molecule has 0 amide bonds. The Balaban J connectivity index is -0.0000000675. The van der Waals surface area contributed by atoms with E-state index >= 15 is 0 Å². The summed E-state index contributed by atoms with van der Waals surface area (Å²) in [7, 11) is 0. The molecule has 0 aromatic rings. The Morgan fingerprint density at radius 2 is 1.50 bits per heavy atom. The van der Waals surface area contributed by atoms with Gasteiger partial charge in [-0.05, 0) is 0 Å². The van der Waals surface area contributed by atoms with Crippen molar-refractivity contribution in [2.75, 3.05) is 6.54 Å². The van der Waals surface area contributed by atoms with Crippen molar-refractivity contribution in [3.05, 3.63) is 25.5 Å².